The Balaban J connectivity index is 2.22. The van der Waals surface area contributed by atoms with Gasteiger partial charge < -0.3 is 5.32 Å². The van der Waals surface area contributed by atoms with E-state index < -0.39 is 6.04 Å². The van der Waals surface area contributed by atoms with Crippen molar-refractivity contribution in [2.75, 3.05) is 0 Å². The van der Waals surface area contributed by atoms with E-state index in [0.29, 0.717) is 12.5 Å². The monoisotopic (exact) mass is 234 g/mol. The number of nitrogens with one attached hydrogen (secondary N) is 1. The van der Waals surface area contributed by atoms with E-state index in [1.807, 2.05) is 30.3 Å². The lowest BCUT2D eigenvalue weighted by atomic mass is 9.88. The first kappa shape index (κ1) is 12.0. The molecule has 4 nitrogen and oxygen atoms in total. The van der Waals surface area contributed by atoms with Crippen LogP contribution in [0.5, 0.6) is 0 Å². The van der Waals surface area contributed by atoms with Crippen LogP contribution in [0.15, 0.2) is 30.3 Å². The topological polar surface area (TPSA) is 55.2 Å². The van der Waals surface area contributed by atoms with Crippen LogP contribution in [0.2, 0.25) is 0 Å². The van der Waals surface area contributed by atoms with Gasteiger partial charge >= 0.3 is 0 Å². The largest absolute Gasteiger partial charge is 0.301 e. The molecule has 92 valence electrons. The summed E-state index contributed by atoms with van der Waals surface area (Å²) in [6.07, 6.45) is 2.58. The van der Waals surface area contributed by atoms with Gasteiger partial charge in [0, 0.05) is 17.4 Å². The summed E-state index contributed by atoms with van der Waals surface area (Å²) in [4.78, 5) is 11.0. The number of hydrogen-bond acceptors (Lipinski definition) is 3. The van der Waals surface area contributed by atoms with E-state index in [9.17, 15) is 10.1 Å². The second kappa shape index (κ2) is 5.27. The number of nitro groups is 1. The average Bonchev–Trinajstić information content (AvgIpc) is 2.39. The van der Waals surface area contributed by atoms with Gasteiger partial charge in [0.1, 0.15) is 6.04 Å². The van der Waals surface area contributed by atoms with Gasteiger partial charge in [0.05, 0.1) is 0 Å². The summed E-state index contributed by atoms with van der Waals surface area (Å²) in [5, 5.41) is 14.5. The van der Waals surface area contributed by atoms with Crippen molar-refractivity contribution in [3.05, 3.63) is 46.0 Å². The molecule has 0 radical (unpaired) electrons. The van der Waals surface area contributed by atoms with Crippen LogP contribution in [0.3, 0.4) is 0 Å². The summed E-state index contributed by atoms with van der Waals surface area (Å²) < 4.78 is 0. The molecule has 17 heavy (non-hydrogen) atoms. The number of benzene rings is 1. The molecule has 1 heterocycles. The Labute approximate surface area is 101 Å². The Bertz CT molecular complexity index is 380. The molecular formula is C13H18N2O2. The molecule has 1 saturated heterocycles. The molecule has 1 N–H and O–H groups in total. The predicted molar refractivity (Wildman–Crippen MR) is 66.4 cm³/mol. The number of rotatable bonds is 3. The first-order chi connectivity index (χ1) is 8.22. The van der Waals surface area contributed by atoms with Crippen LogP contribution < -0.4 is 5.32 Å². The van der Waals surface area contributed by atoms with E-state index in [2.05, 4.69) is 12.2 Å². The van der Waals surface area contributed by atoms with E-state index >= 15 is 0 Å². The Morgan fingerprint density at radius 2 is 2.06 bits per heavy atom. The molecule has 4 heteroatoms. The molecule has 1 aliphatic rings. The van der Waals surface area contributed by atoms with Crippen LogP contribution in [0, 0.1) is 10.1 Å². The summed E-state index contributed by atoms with van der Waals surface area (Å²) in [5.74, 6) is 0. The fourth-order valence-electron chi connectivity index (χ4n) is 2.51. The first-order valence-electron chi connectivity index (χ1n) is 6.17. The van der Waals surface area contributed by atoms with E-state index in [1.165, 1.54) is 0 Å². The van der Waals surface area contributed by atoms with Gasteiger partial charge in [0.15, 0.2) is 0 Å². The molecule has 0 aromatic heterocycles. The second-order valence-corrected chi connectivity index (χ2v) is 4.59. The minimum absolute atomic E-state index is 0.142. The lowest BCUT2D eigenvalue weighted by Crippen LogP contribution is -2.47. The third-order valence-corrected chi connectivity index (χ3v) is 3.53. The van der Waals surface area contributed by atoms with Crippen molar-refractivity contribution in [1.29, 1.82) is 0 Å². The highest BCUT2D eigenvalue weighted by atomic mass is 16.6. The SMILES string of the molecule is CC[C@@H]1CC[C@@H]([N+](=O)[O-])[C@@H](c2ccccc2)N1. The first-order valence-corrected chi connectivity index (χ1v) is 6.17. The summed E-state index contributed by atoms with van der Waals surface area (Å²) in [5.41, 5.74) is 1.02. The van der Waals surface area contributed by atoms with Gasteiger partial charge in [-0.05, 0) is 18.4 Å². The Morgan fingerprint density at radius 1 is 1.35 bits per heavy atom. The van der Waals surface area contributed by atoms with Gasteiger partial charge in [-0.25, -0.2) is 0 Å². The molecule has 1 aromatic rings. The fraction of sp³-hybridized carbons (Fsp3) is 0.538. The Kier molecular flexibility index (Phi) is 3.74. The van der Waals surface area contributed by atoms with Gasteiger partial charge in [-0.15, -0.1) is 0 Å². The molecule has 1 fully saturated rings. The normalized spacial score (nSPS) is 28.9. The molecular weight excluding hydrogens is 216 g/mol. The van der Waals surface area contributed by atoms with Crippen LogP contribution in [0.4, 0.5) is 0 Å². The van der Waals surface area contributed by atoms with Crippen LogP contribution in [-0.4, -0.2) is 17.0 Å². The standard InChI is InChI=1S/C13H18N2O2/c1-2-11-8-9-12(15(16)17)13(14-11)10-6-4-3-5-7-10/h3-7,11-14H,2,8-9H2,1H3/t11-,12-,13-/m1/s1. The van der Waals surface area contributed by atoms with E-state index in [-0.39, 0.29) is 11.0 Å². The zero-order valence-electron chi connectivity index (χ0n) is 10.0. The third-order valence-electron chi connectivity index (χ3n) is 3.53. The van der Waals surface area contributed by atoms with Gasteiger partial charge in [0.2, 0.25) is 6.04 Å². The van der Waals surface area contributed by atoms with Crippen molar-refractivity contribution < 1.29 is 4.92 Å². The van der Waals surface area contributed by atoms with Crippen LogP contribution >= 0.6 is 0 Å². The minimum Gasteiger partial charge on any atom is -0.301 e. The number of hydrogen-bond donors (Lipinski definition) is 1. The minimum atomic E-state index is -0.500. The molecule has 0 amide bonds. The Hall–Kier alpha value is -1.42. The molecule has 0 spiro atoms. The lowest BCUT2D eigenvalue weighted by molar-refractivity contribution is -0.531. The summed E-state index contributed by atoms with van der Waals surface area (Å²) in [6.45, 7) is 2.12. The molecule has 0 unspecified atom stereocenters. The maximum absolute atomic E-state index is 11.1. The highest BCUT2D eigenvalue weighted by molar-refractivity contribution is 5.21. The van der Waals surface area contributed by atoms with Crippen molar-refractivity contribution in [3.8, 4) is 0 Å². The highest BCUT2D eigenvalue weighted by Gasteiger charge is 2.37. The van der Waals surface area contributed by atoms with Crippen molar-refractivity contribution in [2.24, 2.45) is 0 Å². The van der Waals surface area contributed by atoms with Crippen molar-refractivity contribution in [1.82, 2.24) is 5.32 Å². The van der Waals surface area contributed by atoms with E-state index in [4.69, 9.17) is 0 Å². The summed E-state index contributed by atoms with van der Waals surface area (Å²) in [6, 6.07) is 9.48. The van der Waals surface area contributed by atoms with Gasteiger partial charge in [-0.1, -0.05) is 37.3 Å². The average molecular weight is 234 g/mol. The van der Waals surface area contributed by atoms with Gasteiger partial charge in [-0.3, -0.25) is 10.1 Å². The molecule has 0 aliphatic carbocycles. The summed E-state index contributed by atoms with van der Waals surface area (Å²) >= 11 is 0. The van der Waals surface area contributed by atoms with E-state index in [0.717, 1.165) is 18.4 Å². The van der Waals surface area contributed by atoms with Crippen molar-refractivity contribution in [3.63, 3.8) is 0 Å². The molecule has 1 aliphatic heterocycles. The quantitative estimate of drug-likeness (QED) is 0.646. The number of piperidine rings is 1. The van der Waals surface area contributed by atoms with Crippen LogP contribution in [0.1, 0.15) is 37.8 Å². The zero-order chi connectivity index (χ0) is 12.3. The highest BCUT2D eigenvalue weighted by Crippen LogP contribution is 2.28. The van der Waals surface area contributed by atoms with Crippen LogP contribution in [0.25, 0.3) is 0 Å². The lowest BCUT2D eigenvalue weighted by Gasteiger charge is -2.32. The van der Waals surface area contributed by atoms with Gasteiger partial charge in [0.25, 0.3) is 0 Å². The molecule has 3 atom stereocenters. The molecule has 0 saturated carbocycles. The molecule has 2 rings (SSSR count). The predicted octanol–water partition coefficient (Wildman–Crippen LogP) is 2.54. The maximum Gasteiger partial charge on any atom is 0.232 e. The Morgan fingerprint density at radius 3 is 2.65 bits per heavy atom. The van der Waals surface area contributed by atoms with E-state index in [1.54, 1.807) is 0 Å². The number of nitrogens with zero attached hydrogens (tertiary/aromatic N) is 1. The molecule has 0 bridgehead atoms. The summed E-state index contributed by atoms with van der Waals surface area (Å²) in [7, 11) is 0. The van der Waals surface area contributed by atoms with Crippen molar-refractivity contribution in [2.45, 2.75) is 44.3 Å². The fourth-order valence-corrected chi connectivity index (χ4v) is 2.51. The van der Waals surface area contributed by atoms with Gasteiger partial charge in [-0.2, -0.15) is 0 Å². The maximum atomic E-state index is 11.1. The molecule has 1 aromatic carbocycles. The van der Waals surface area contributed by atoms with Crippen LogP contribution in [-0.2, 0) is 0 Å². The zero-order valence-corrected chi connectivity index (χ0v) is 10.0. The third kappa shape index (κ3) is 2.64. The second-order valence-electron chi connectivity index (χ2n) is 4.59. The van der Waals surface area contributed by atoms with Crippen molar-refractivity contribution >= 4 is 0 Å². The smallest absolute Gasteiger partial charge is 0.232 e.